The van der Waals surface area contributed by atoms with Crippen LogP contribution in [0.4, 0.5) is 0 Å². The Morgan fingerprint density at radius 3 is 2.67 bits per heavy atom. The Bertz CT molecular complexity index is 125. The number of rotatable bonds is 3. The summed E-state index contributed by atoms with van der Waals surface area (Å²) >= 11 is 0. The fraction of sp³-hybridized carbons (Fsp3) is 0.286. The minimum atomic E-state index is 1.69. The molecular formula is C7H12N2. The van der Waals surface area contributed by atoms with Crippen LogP contribution in [0.2, 0.25) is 0 Å². The van der Waals surface area contributed by atoms with Gasteiger partial charge in [-0.25, -0.2) is 4.99 Å². The van der Waals surface area contributed by atoms with Crippen LogP contribution in [-0.2, 0) is 0 Å². The summed E-state index contributed by atoms with van der Waals surface area (Å²) in [6.45, 7) is 5.47. The fourth-order valence-electron chi connectivity index (χ4n) is 0.277. The smallest absolute Gasteiger partial charge is 0.0941 e. The van der Waals surface area contributed by atoms with Crippen LogP contribution in [0.1, 0.15) is 6.92 Å². The first kappa shape index (κ1) is 7.95. The van der Waals surface area contributed by atoms with Gasteiger partial charge in [0.1, 0.15) is 0 Å². The van der Waals surface area contributed by atoms with Gasteiger partial charge >= 0.3 is 0 Å². The molecule has 0 amide bonds. The zero-order chi connectivity index (χ0) is 7.11. The molecular weight excluding hydrogens is 112 g/mol. The summed E-state index contributed by atoms with van der Waals surface area (Å²) in [7, 11) is 1.88. The van der Waals surface area contributed by atoms with Crippen molar-refractivity contribution in [1.29, 1.82) is 0 Å². The number of allylic oxidation sites excluding steroid dienone is 1. The van der Waals surface area contributed by atoms with Crippen molar-refractivity contribution in [3.8, 4) is 0 Å². The van der Waals surface area contributed by atoms with Gasteiger partial charge < -0.3 is 4.90 Å². The van der Waals surface area contributed by atoms with Gasteiger partial charge in [0.05, 0.1) is 6.34 Å². The molecule has 50 valence electrons. The third kappa shape index (κ3) is 4.81. The van der Waals surface area contributed by atoms with Crippen LogP contribution in [0, 0.1) is 0 Å². The molecule has 0 saturated carbocycles. The second kappa shape index (κ2) is 5.09. The predicted octanol–water partition coefficient (Wildman–Crippen LogP) is 1.62. The Morgan fingerprint density at radius 1 is 1.56 bits per heavy atom. The van der Waals surface area contributed by atoms with Gasteiger partial charge in [0.15, 0.2) is 0 Å². The van der Waals surface area contributed by atoms with Crippen molar-refractivity contribution in [3.63, 3.8) is 0 Å². The van der Waals surface area contributed by atoms with E-state index >= 15 is 0 Å². The Morgan fingerprint density at radius 2 is 2.22 bits per heavy atom. The van der Waals surface area contributed by atoms with Crippen molar-refractivity contribution in [2.45, 2.75) is 6.92 Å². The Kier molecular flexibility index (Phi) is 4.50. The minimum Gasteiger partial charge on any atom is -0.343 e. The monoisotopic (exact) mass is 124 g/mol. The fourth-order valence-corrected chi connectivity index (χ4v) is 0.277. The molecule has 0 radical (unpaired) electrons. The maximum absolute atomic E-state index is 3.91. The maximum Gasteiger partial charge on any atom is 0.0941 e. The zero-order valence-electron chi connectivity index (χ0n) is 5.91. The normalized spacial score (nSPS) is 10.9. The Hall–Kier alpha value is -1.05. The average molecular weight is 124 g/mol. The van der Waals surface area contributed by atoms with E-state index in [1.807, 2.05) is 20.0 Å². The molecule has 0 aromatic rings. The van der Waals surface area contributed by atoms with Gasteiger partial charge in [0.2, 0.25) is 0 Å². The van der Waals surface area contributed by atoms with Crippen LogP contribution in [-0.4, -0.2) is 18.3 Å². The highest BCUT2D eigenvalue weighted by atomic mass is 15.1. The molecule has 0 heterocycles. The molecule has 9 heavy (non-hydrogen) atoms. The molecule has 0 atom stereocenters. The molecule has 0 unspecified atom stereocenters. The molecule has 0 aliphatic rings. The van der Waals surface area contributed by atoms with E-state index in [1.165, 1.54) is 0 Å². The molecule has 0 saturated heterocycles. The van der Waals surface area contributed by atoms with E-state index in [4.69, 9.17) is 0 Å². The predicted molar refractivity (Wildman–Crippen MR) is 41.3 cm³/mol. The third-order valence-corrected chi connectivity index (χ3v) is 0.772. The lowest BCUT2D eigenvalue weighted by molar-refractivity contribution is 0.713. The highest BCUT2D eigenvalue weighted by Gasteiger charge is 1.74. The lowest BCUT2D eigenvalue weighted by atomic mass is 10.7. The number of hydrogen-bond acceptors (Lipinski definition) is 1. The van der Waals surface area contributed by atoms with E-state index in [-0.39, 0.29) is 0 Å². The van der Waals surface area contributed by atoms with Gasteiger partial charge in [-0.3, -0.25) is 0 Å². The van der Waals surface area contributed by atoms with Crippen molar-refractivity contribution < 1.29 is 0 Å². The van der Waals surface area contributed by atoms with Gasteiger partial charge in [-0.05, 0) is 13.1 Å². The van der Waals surface area contributed by atoms with Crippen LogP contribution in [0.25, 0.3) is 0 Å². The van der Waals surface area contributed by atoms with E-state index in [0.29, 0.717) is 0 Å². The average Bonchev–Trinajstić information content (AvgIpc) is 1.89. The van der Waals surface area contributed by atoms with Crippen molar-refractivity contribution in [2.24, 2.45) is 4.99 Å². The summed E-state index contributed by atoms with van der Waals surface area (Å²) in [5.41, 5.74) is 0. The highest BCUT2D eigenvalue weighted by molar-refractivity contribution is 5.56. The Balaban J connectivity index is 3.55. The van der Waals surface area contributed by atoms with Gasteiger partial charge in [-0.1, -0.05) is 12.7 Å². The molecule has 0 aliphatic heterocycles. The molecule has 0 N–H and O–H groups in total. The first-order valence-corrected chi connectivity index (χ1v) is 2.80. The van der Waals surface area contributed by atoms with Crippen LogP contribution < -0.4 is 0 Å². The summed E-state index contributed by atoms with van der Waals surface area (Å²) in [6.07, 6.45) is 6.97. The number of nitrogens with zero attached hydrogens (tertiary/aromatic N) is 2. The van der Waals surface area contributed by atoms with Crippen LogP contribution in [0.15, 0.2) is 30.0 Å². The van der Waals surface area contributed by atoms with Gasteiger partial charge in [-0.2, -0.15) is 0 Å². The molecule has 0 fully saturated rings. The van der Waals surface area contributed by atoms with E-state index in [1.54, 1.807) is 23.6 Å². The van der Waals surface area contributed by atoms with Gasteiger partial charge in [0.25, 0.3) is 0 Å². The second-order valence-corrected chi connectivity index (χ2v) is 1.59. The maximum atomic E-state index is 3.91. The third-order valence-electron chi connectivity index (χ3n) is 0.772. The molecule has 0 aromatic heterocycles. The lowest BCUT2D eigenvalue weighted by Gasteiger charge is -2.01. The summed E-state index contributed by atoms with van der Waals surface area (Å²) < 4.78 is 0. The molecule has 2 heteroatoms. The van der Waals surface area contributed by atoms with E-state index in [9.17, 15) is 0 Å². The quantitative estimate of drug-likeness (QED) is 0.412. The number of hydrogen-bond donors (Lipinski definition) is 0. The molecule has 0 spiro atoms. The highest BCUT2D eigenvalue weighted by Crippen LogP contribution is 1.76. The van der Waals surface area contributed by atoms with Crippen molar-refractivity contribution in [1.82, 2.24) is 4.90 Å². The first-order valence-electron chi connectivity index (χ1n) is 2.80. The summed E-state index contributed by atoms with van der Waals surface area (Å²) in [5, 5.41) is 0. The minimum absolute atomic E-state index is 1.69. The van der Waals surface area contributed by atoms with Crippen molar-refractivity contribution >= 4 is 6.34 Å². The van der Waals surface area contributed by atoms with Crippen LogP contribution >= 0.6 is 0 Å². The van der Waals surface area contributed by atoms with Crippen LogP contribution in [0.5, 0.6) is 0 Å². The molecule has 0 rings (SSSR count). The molecule has 0 aliphatic carbocycles. The summed E-state index contributed by atoms with van der Waals surface area (Å²) in [6, 6.07) is 0. The molecule has 0 bridgehead atoms. The lowest BCUT2D eigenvalue weighted by Crippen LogP contribution is -2.05. The summed E-state index contributed by atoms with van der Waals surface area (Å²) in [5.74, 6) is 0. The van der Waals surface area contributed by atoms with Crippen molar-refractivity contribution in [2.75, 3.05) is 7.05 Å². The SMILES string of the molecule is C=CN(C)C=N/C=C\C. The topological polar surface area (TPSA) is 15.6 Å². The molecule has 0 aromatic carbocycles. The first-order chi connectivity index (χ1) is 4.31. The van der Waals surface area contributed by atoms with Crippen LogP contribution in [0.3, 0.4) is 0 Å². The number of aliphatic imine (C=N–C) groups is 1. The van der Waals surface area contributed by atoms with E-state index < -0.39 is 0 Å². The van der Waals surface area contributed by atoms with Gasteiger partial charge in [0, 0.05) is 13.2 Å². The largest absolute Gasteiger partial charge is 0.343 e. The second-order valence-electron chi connectivity index (χ2n) is 1.59. The summed E-state index contributed by atoms with van der Waals surface area (Å²) in [4.78, 5) is 5.69. The molecule has 2 nitrogen and oxygen atoms in total. The van der Waals surface area contributed by atoms with E-state index in [2.05, 4.69) is 11.6 Å². The standard InChI is InChI=1S/C7H12N2/c1-4-6-8-7-9(3)5-2/h4-7H,2H2,1,3H3/b6-4-,8-7?. The van der Waals surface area contributed by atoms with Gasteiger partial charge in [-0.15, -0.1) is 0 Å². The Labute approximate surface area is 56.2 Å². The van der Waals surface area contributed by atoms with E-state index in [0.717, 1.165) is 0 Å². The van der Waals surface area contributed by atoms with Crippen molar-refractivity contribution in [3.05, 3.63) is 25.1 Å². The zero-order valence-corrected chi connectivity index (χ0v) is 5.91.